The van der Waals surface area contributed by atoms with Crippen molar-refractivity contribution in [2.45, 2.75) is 39.2 Å². The first-order valence-corrected chi connectivity index (χ1v) is 13.5. The van der Waals surface area contributed by atoms with Gasteiger partial charge in [-0.2, -0.15) is 4.98 Å². The van der Waals surface area contributed by atoms with Crippen molar-refractivity contribution >= 4 is 23.5 Å². The van der Waals surface area contributed by atoms with Crippen molar-refractivity contribution in [1.29, 1.82) is 0 Å². The molecular formula is C31H29F4N5O4. The molecule has 44 heavy (non-hydrogen) atoms. The summed E-state index contributed by atoms with van der Waals surface area (Å²) < 4.78 is 68.7. The highest BCUT2D eigenvalue weighted by Crippen LogP contribution is 2.37. The molecule has 0 aliphatic carbocycles. The van der Waals surface area contributed by atoms with E-state index in [1.807, 2.05) is 19.2 Å². The van der Waals surface area contributed by atoms with Crippen LogP contribution in [0.4, 0.5) is 29.2 Å². The van der Waals surface area contributed by atoms with Gasteiger partial charge in [-0.3, -0.25) is 9.59 Å². The van der Waals surface area contributed by atoms with Crippen LogP contribution < -0.4 is 25.8 Å². The third kappa shape index (κ3) is 7.41. The minimum atomic E-state index is -1.39. The van der Waals surface area contributed by atoms with E-state index in [2.05, 4.69) is 15.3 Å². The monoisotopic (exact) mass is 611 g/mol. The molecule has 0 saturated heterocycles. The number of carbonyl (C=O) groups is 2. The van der Waals surface area contributed by atoms with E-state index in [-0.39, 0.29) is 41.1 Å². The number of benzene rings is 3. The normalized spacial score (nSPS) is 11.5. The molecule has 4 aromatic rings. The number of nitrogen functional groups attached to an aromatic ring is 1. The van der Waals surface area contributed by atoms with Crippen LogP contribution in [0.3, 0.4) is 0 Å². The maximum absolute atomic E-state index is 14.9. The maximum atomic E-state index is 14.9. The molecule has 0 spiro atoms. The Labute approximate surface area is 250 Å². The summed E-state index contributed by atoms with van der Waals surface area (Å²) in [5, 5.41) is 4.93. The van der Waals surface area contributed by atoms with Crippen molar-refractivity contribution in [3.05, 3.63) is 89.0 Å². The second-order valence-corrected chi connectivity index (χ2v) is 9.75. The Bertz CT molecular complexity index is 1680. The molecule has 0 unspecified atom stereocenters. The van der Waals surface area contributed by atoms with E-state index in [1.54, 1.807) is 12.1 Å². The van der Waals surface area contributed by atoms with Gasteiger partial charge in [0.25, 0.3) is 5.91 Å². The van der Waals surface area contributed by atoms with E-state index >= 15 is 0 Å². The molecule has 0 bridgehead atoms. The van der Waals surface area contributed by atoms with E-state index in [9.17, 15) is 27.2 Å². The molecule has 4 rings (SSSR count). The first kappa shape index (κ1) is 31.7. The predicted octanol–water partition coefficient (Wildman–Crippen LogP) is 6.18. The predicted molar refractivity (Wildman–Crippen MR) is 155 cm³/mol. The molecule has 9 nitrogen and oxygen atoms in total. The van der Waals surface area contributed by atoms with Crippen LogP contribution in [0.25, 0.3) is 11.3 Å². The molecule has 2 amide bonds. The van der Waals surface area contributed by atoms with Gasteiger partial charge in [-0.15, -0.1) is 0 Å². The summed E-state index contributed by atoms with van der Waals surface area (Å²) in [6.45, 7) is 3.87. The van der Waals surface area contributed by atoms with Crippen LogP contribution in [-0.4, -0.2) is 34.9 Å². The Kier molecular flexibility index (Phi) is 9.99. The number of hydrogen-bond donors (Lipinski definition) is 3. The summed E-state index contributed by atoms with van der Waals surface area (Å²) in [5.41, 5.74) is 4.63. The first-order chi connectivity index (χ1) is 21.0. The number of methoxy groups -OCH3 is 1. The zero-order valence-corrected chi connectivity index (χ0v) is 24.0. The number of amides is 2. The third-order valence-corrected chi connectivity index (χ3v) is 6.59. The van der Waals surface area contributed by atoms with Crippen molar-refractivity contribution in [3.63, 3.8) is 0 Å². The van der Waals surface area contributed by atoms with Gasteiger partial charge in [-0.05, 0) is 49.6 Å². The minimum Gasteiger partial charge on any atom is -0.493 e. The third-order valence-electron chi connectivity index (χ3n) is 6.59. The SMILES string of the molecule is CC[C@@H](C)NC(=O)CCc1ccc(Oc2nc(N)nc(-c3ccccc3F)c2C(=O)Nc2c(F)cc(F)cc2F)c(OC)c1. The van der Waals surface area contributed by atoms with Gasteiger partial charge in [0.15, 0.2) is 23.1 Å². The summed E-state index contributed by atoms with van der Waals surface area (Å²) in [5.74, 6) is -6.74. The van der Waals surface area contributed by atoms with Crippen LogP contribution in [0.2, 0.25) is 0 Å². The summed E-state index contributed by atoms with van der Waals surface area (Å²) in [6, 6.07) is 10.9. The van der Waals surface area contributed by atoms with Crippen LogP contribution in [-0.2, 0) is 11.2 Å². The number of nitrogens with zero attached hydrogens (tertiary/aromatic N) is 2. The van der Waals surface area contributed by atoms with Gasteiger partial charge < -0.3 is 25.8 Å². The Balaban J connectivity index is 1.74. The lowest BCUT2D eigenvalue weighted by molar-refractivity contribution is -0.121. The van der Waals surface area contributed by atoms with Crippen molar-refractivity contribution < 1.29 is 36.6 Å². The molecule has 13 heteroatoms. The number of hydrogen-bond acceptors (Lipinski definition) is 7. The van der Waals surface area contributed by atoms with Crippen LogP contribution in [0.5, 0.6) is 17.4 Å². The number of halogens is 4. The Morgan fingerprint density at radius 3 is 2.32 bits per heavy atom. The Morgan fingerprint density at radius 2 is 1.66 bits per heavy atom. The van der Waals surface area contributed by atoms with Crippen LogP contribution in [0.15, 0.2) is 54.6 Å². The summed E-state index contributed by atoms with van der Waals surface area (Å²) in [4.78, 5) is 33.8. The maximum Gasteiger partial charge on any atom is 0.263 e. The molecule has 0 saturated carbocycles. The van der Waals surface area contributed by atoms with E-state index in [0.29, 0.717) is 18.6 Å². The van der Waals surface area contributed by atoms with Gasteiger partial charge in [0.2, 0.25) is 17.7 Å². The number of rotatable bonds is 11. The van der Waals surface area contributed by atoms with E-state index < -0.39 is 52.3 Å². The molecule has 0 aliphatic rings. The molecular weight excluding hydrogens is 582 g/mol. The number of aromatic nitrogens is 2. The Hall–Kier alpha value is -5.20. The van der Waals surface area contributed by atoms with Crippen LogP contribution in [0.1, 0.15) is 42.6 Å². The van der Waals surface area contributed by atoms with Crippen molar-refractivity contribution in [2.75, 3.05) is 18.2 Å². The standard InChI is InChI=1S/C31H29F4N5O4/c1-4-16(2)37-25(41)12-10-17-9-11-23(24(13-17)43-3)44-30-26(29(42)38-28-21(34)14-18(32)15-22(28)35)27(39-31(36)40-30)19-7-5-6-8-20(19)33/h5-9,11,13-16H,4,10,12H2,1-3H3,(H,37,41)(H,38,42)(H2,36,39,40)/t16-/m1/s1. The smallest absolute Gasteiger partial charge is 0.263 e. The first-order valence-electron chi connectivity index (χ1n) is 13.5. The molecule has 3 aromatic carbocycles. The number of nitrogens with two attached hydrogens (primary N) is 1. The molecule has 0 radical (unpaired) electrons. The highest BCUT2D eigenvalue weighted by atomic mass is 19.1. The van der Waals surface area contributed by atoms with Crippen molar-refractivity contribution in [2.24, 2.45) is 0 Å². The number of ether oxygens (including phenoxy) is 2. The molecule has 1 heterocycles. The molecule has 0 aliphatic heterocycles. The molecule has 0 fully saturated rings. The van der Waals surface area contributed by atoms with Crippen LogP contribution >= 0.6 is 0 Å². The fraction of sp³-hybridized carbons (Fsp3) is 0.226. The van der Waals surface area contributed by atoms with Crippen molar-refractivity contribution in [3.8, 4) is 28.6 Å². The lowest BCUT2D eigenvalue weighted by Crippen LogP contribution is -2.31. The van der Waals surface area contributed by atoms with E-state index in [0.717, 1.165) is 18.1 Å². The van der Waals surface area contributed by atoms with Gasteiger partial charge in [0, 0.05) is 30.2 Å². The fourth-order valence-corrected chi connectivity index (χ4v) is 4.18. The summed E-state index contributed by atoms with van der Waals surface area (Å²) in [7, 11) is 1.37. The van der Waals surface area contributed by atoms with Gasteiger partial charge in [-0.1, -0.05) is 25.1 Å². The number of aryl methyl sites for hydroxylation is 1. The average Bonchev–Trinajstić information content (AvgIpc) is 2.98. The van der Waals surface area contributed by atoms with Gasteiger partial charge in [0.1, 0.15) is 22.9 Å². The average molecular weight is 612 g/mol. The summed E-state index contributed by atoms with van der Waals surface area (Å²) >= 11 is 0. The highest BCUT2D eigenvalue weighted by molar-refractivity contribution is 6.10. The largest absolute Gasteiger partial charge is 0.493 e. The van der Waals surface area contributed by atoms with Crippen LogP contribution in [0, 0.1) is 23.3 Å². The molecule has 1 atom stereocenters. The number of anilines is 2. The van der Waals surface area contributed by atoms with Crippen molar-refractivity contribution in [1.82, 2.24) is 15.3 Å². The lowest BCUT2D eigenvalue weighted by atomic mass is 10.0. The lowest BCUT2D eigenvalue weighted by Gasteiger charge is -2.17. The number of nitrogens with one attached hydrogen (secondary N) is 2. The van der Waals surface area contributed by atoms with Gasteiger partial charge in [0.05, 0.1) is 12.8 Å². The fourth-order valence-electron chi connectivity index (χ4n) is 4.18. The second kappa shape index (κ2) is 13.8. The summed E-state index contributed by atoms with van der Waals surface area (Å²) in [6.07, 6.45) is 1.41. The molecule has 1 aromatic heterocycles. The van der Waals surface area contributed by atoms with E-state index in [1.165, 1.54) is 31.4 Å². The zero-order chi connectivity index (χ0) is 32.0. The topological polar surface area (TPSA) is 128 Å². The zero-order valence-electron chi connectivity index (χ0n) is 24.0. The quantitative estimate of drug-likeness (QED) is 0.173. The molecule has 4 N–H and O–H groups in total. The second-order valence-electron chi connectivity index (χ2n) is 9.75. The highest BCUT2D eigenvalue weighted by Gasteiger charge is 2.28. The molecule has 230 valence electrons. The van der Waals surface area contributed by atoms with E-state index in [4.69, 9.17) is 15.2 Å². The minimum absolute atomic E-state index is 0.0461. The van der Waals surface area contributed by atoms with Gasteiger partial charge in [-0.25, -0.2) is 22.5 Å². The van der Waals surface area contributed by atoms with Gasteiger partial charge >= 0.3 is 0 Å². The number of carbonyl (C=O) groups excluding carboxylic acids is 2. The Morgan fingerprint density at radius 1 is 0.955 bits per heavy atom.